The van der Waals surface area contributed by atoms with Gasteiger partial charge in [0, 0.05) is 52.7 Å². The van der Waals surface area contributed by atoms with Crippen LogP contribution in [0.4, 0.5) is 0 Å². The monoisotopic (exact) mass is 253 g/mol. The molecule has 0 radical (unpaired) electrons. The van der Waals surface area contributed by atoms with Gasteiger partial charge in [-0.15, -0.1) is 0 Å². The normalized spacial score (nSPS) is 21.6. The van der Waals surface area contributed by atoms with Gasteiger partial charge in [0.05, 0.1) is 0 Å². The fourth-order valence-electron chi connectivity index (χ4n) is 2.66. The lowest BCUT2D eigenvalue weighted by atomic mass is 9.83. The minimum Gasteiger partial charge on any atom is -0.346 e. The molecule has 0 unspecified atom stereocenters. The quantitative estimate of drug-likeness (QED) is 0.765. The molecule has 0 aromatic rings. The molecule has 2 rings (SSSR count). The Hall–Kier alpha value is -0.610. The van der Waals surface area contributed by atoms with E-state index in [1.54, 1.807) is 0 Å². The van der Waals surface area contributed by atoms with E-state index in [2.05, 4.69) is 10.2 Å². The van der Waals surface area contributed by atoms with Crippen molar-refractivity contribution in [1.29, 1.82) is 0 Å². The second-order valence-corrected chi connectivity index (χ2v) is 5.74. The summed E-state index contributed by atoms with van der Waals surface area (Å²) in [7, 11) is 1.96. The first kappa shape index (κ1) is 13.8. The summed E-state index contributed by atoms with van der Waals surface area (Å²) in [5, 5.41) is 3.33. The van der Waals surface area contributed by atoms with Crippen LogP contribution in [0.3, 0.4) is 0 Å². The summed E-state index contributed by atoms with van der Waals surface area (Å²) in [6.45, 7) is 6.16. The summed E-state index contributed by atoms with van der Waals surface area (Å²) in [6, 6.07) is 0. The van der Waals surface area contributed by atoms with E-state index in [9.17, 15) is 4.79 Å². The van der Waals surface area contributed by atoms with Gasteiger partial charge in [-0.2, -0.15) is 0 Å². The van der Waals surface area contributed by atoms with E-state index >= 15 is 0 Å². The molecule has 104 valence electrons. The van der Waals surface area contributed by atoms with Crippen molar-refractivity contribution in [2.75, 3.05) is 46.3 Å². The topological polar surface area (TPSA) is 35.6 Å². The van der Waals surface area contributed by atoms with E-state index in [0.29, 0.717) is 12.3 Å². The van der Waals surface area contributed by atoms with E-state index in [-0.39, 0.29) is 0 Å². The van der Waals surface area contributed by atoms with Crippen LogP contribution in [0.15, 0.2) is 0 Å². The zero-order valence-corrected chi connectivity index (χ0v) is 11.7. The Bertz CT molecular complexity index is 260. The van der Waals surface area contributed by atoms with Gasteiger partial charge in [-0.25, -0.2) is 0 Å². The first-order chi connectivity index (χ1) is 8.75. The summed E-state index contributed by atoms with van der Waals surface area (Å²) in [5.74, 6) is 1.21. The van der Waals surface area contributed by atoms with Crippen LogP contribution in [0.5, 0.6) is 0 Å². The minimum atomic E-state index is 0.313. The number of carbonyl (C=O) groups is 1. The highest BCUT2D eigenvalue weighted by Crippen LogP contribution is 2.29. The summed E-state index contributed by atoms with van der Waals surface area (Å²) in [4.78, 5) is 16.3. The van der Waals surface area contributed by atoms with Crippen LogP contribution in [0.2, 0.25) is 0 Å². The number of amides is 1. The van der Waals surface area contributed by atoms with Gasteiger partial charge >= 0.3 is 0 Å². The van der Waals surface area contributed by atoms with Crippen molar-refractivity contribution in [2.24, 2.45) is 5.92 Å². The van der Waals surface area contributed by atoms with Crippen molar-refractivity contribution >= 4 is 5.91 Å². The molecule has 0 atom stereocenters. The Kier molecular flexibility index (Phi) is 5.45. The number of hydrogen-bond acceptors (Lipinski definition) is 3. The maximum Gasteiger partial charge on any atom is 0.223 e. The van der Waals surface area contributed by atoms with Crippen LogP contribution >= 0.6 is 0 Å². The van der Waals surface area contributed by atoms with Gasteiger partial charge in [-0.1, -0.05) is 19.3 Å². The maximum atomic E-state index is 12.0. The van der Waals surface area contributed by atoms with E-state index in [1.807, 2.05) is 11.9 Å². The van der Waals surface area contributed by atoms with Gasteiger partial charge in [0.2, 0.25) is 5.91 Å². The van der Waals surface area contributed by atoms with Gasteiger partial charge in [0.1, 0.15) is 0 Å². The molecule has 4 heteroatoms. The van der Waals surface area contributed by atoms with E-state index in [4.69, 9.17) is 0 Å². The Balaban J connectivity index is 1.57. The summed E-state index contributed by atoms with van der Waals surface area (Å²) in [6.07, 6.45) is 6.04. The minimum absolute atomic E-state index is 0.313. The van der Waals surface area contributed by atoms with Crippen LogP contribution in [0.25, 0.3) is 0 Å². The number of piperazine rings is 1. The molecule has 0 bridgehead atoms. The third kappa shape index (κ3) is 4.25. The molecular weight excluding hydrogens is 226 g/mol. The smallest absolute Gasteiger partial charge is 0.223 e. The molecule has 0 aromatic carbocycles. The van der Waals surface area contributed by atoms with Crippen molar-refractivity contribution in [3.63, 3.8) is 0 Å². The van der Waals surface area contributed by atoms with Crippen molar-refractivity contribution in [3.05, 3.63) is 0 Å². The number of carbonyl (C=O) groups excluding carboxylic acids is 1. The molecule has 2 fully saturated rings. The van der Waals surface area contributed by atoms with Crippen LogP contribution in [0.1, 0.15) is 32.1 Å². The zero-order valence-electron chi connectivity index (χ0n) is 11.7. The Morgan fingerprint density at radius 2 is 2.06 bits per heavy atom. The molecule has 0 spiro atoms. The Morgan fingerprint density at radius 1 is 1.33 bits per heavy atom. The molecule has 1 aliphatic heterocycles. The molecule has 4 nitrogen and oxygen atoms in total. The fraction of sp³-hybridized carbons (Fsp3) is 0.929. The SMILES string of the molecule is CN(CCC1CCC1)C(=O)CCN1CCNCC1. The predicted molar refractivity (Wildman–Crippen MR) is 73.5 cm³/mol. The van der Waals surface area contributed by atoms with Crippen LogP contribution in [-0.4, -0.2) is 62.0 Å². The first-order valence-electron chi connectivity index (χ1n) is 7.43. The molecule has 1 saturated carbocycles. The number of hydrogen-bond donors (Lipinski definition) is 1. The van der Waals surface area contributed by atoms with Crippen LogP contribution < -0.4 is 5.32 Å². The second-order valence-electron chi connectivity index (χ2n) is 5.74. The van der Waals surface area contributed by atoms with E-state index in [1.165, 1.54) is 25.7 Å². The lowest BCUT2D eigenvalue weighted by molar-refractivity contribution is -0.130. The molecule has 18 heavy (non-hydrogen) atoms. The van der Waals surface area contributed by atoms with Gasteiger partial charge in [0.25, 0.3) is 0 Å². The zero-order chi connectivity index (χ0) is 12.8. The molecule has 1 N–H and O–H groups in total. The first-order valence-corrected chi connectivity index (χ1v) is 7.43. The molecule has 1 amide bonds. The molecular formula is C14H27N3O. The second kappa shape index (κ2) is 7.10. The van der Waals surface area contributed by atoms with Crippen molar-refractivity contribution in [3.8, 4) is 0 Å². The van der Waals surface area contributed by atoms with E-state index in [0.717, 1.165) is 45.2 Å². The highest BCUT2D eigenvalue weighted by molar-refractivity contribution is 5.76. The average Bonchev–Trinajstić information content (AvgIpc) is 2.35. The summed E-state index contributed by atoms with van der Waals surface area (Å²) in [5.41, 5.74) is 0. The summed E-state index contributed by atoms with van der Waals surface area (Å²) < 4.78 is 0. The maximum absolute atomic E-state index is 12.0. The fourth-order valence-corrected chi connectivity index (χ4v) is 2.66. The highest BCUT2D eigenvalue weighted by Gasteiger charge is 2.19. The highest BCUT2D eigenvalue weighted by atomic mass is 16.2. The van der Waals surface area contributed by atoms with Gasteiger partial charge < -0.3 is 15.1 Å². The average molecular weight is 253 g/mol. The largest absolute Gasteiger partial charge is 0.346 e. The molecule has 1 aliphatic carbocycles. The van der Waals surface area contributed by atoms with E-state index < -0.39 is 0 Å². The third-order valence-corrected chi connectivity index (χ3v) is 4.37. The predicted octanol–water partition coefficient (Wildman–Crippen LogP) is 0.930. The number of rotatable bonds is 6. The summed E-state index contributed by atoms with van der Waals surface area (Å²) >= 11 is 0. The van der Waals surface area contributed by atoms with Crippen LogP contribution in [-0.2, 0) is 4.79 Å². The number of nitrogens with one attached hydrogen (secondary N) is 1. The lowest BCUT2D eigenvalue weighted by Crippen LogP contribution is -2.44. The molecule has 1 heterocycles. The Morgan fingerprint density at radius 3 is 2.67 bits per heavy atom. The van der Waals surface area contributed by atoms with Crippen molar-refractivity contribution in [1.82, 2.24) is 15.1 Å². The lowest BCUT2D eigenvalue weighted by Gasteiger charge is -2.29. The van der Waals surface area contributed by atoms with Crippen molar-refractivity contribution in [2.45, 2.75) is 32.1 Å². The molecule has 2 aliphatic rings. The van der Waals surface area contributed by atoms with Gasteiger partial charge in [0.15, 0.2) is 0 Å². The molecule has 1 saturated heterocycles. The number of nitrogens with zero attached hydrogens (tertiary/aromatic N) is 2. The van der Waals surface area contributed by atoms with Gasteiger partial charge in [-0.3, -0.25) is 4.79 Å². The van der Waals surface area contributed by atoms with Gasteiger partial charge in [-0.05, 0) is 12.3 Å². The third-order valence-electron chi connectivity index (χ3n) is 4.37. The van der Waals surface area contributed by atoms with Crippen molar-refractivity contribution < 1.29 is 4.79 Å². The Labute approximate surface area is 111 Å². The molecule has 0 aromatic heterocycles. The van der Waals surface area contributed by atoms with Crippen LogP contribution in [0, 0.1) is 5.92 Å². The standard InChI is InChI=1S/C14H27N3O/c1-16(9-5-13-3-2-4-13)14(18)6-10-17-11-7-15-8-12-17/h13,15H,2-12H2,1H3.